The van der Waals surface area contributed by atoms with E-state index in [4.69, 9.17) is 5.11 Å². The molecule has 1 amide bonds. The largest absolute Gasteiger partial charge is 0.478 e. The maximum Gasteiger partial charge on any atom is 0.335 e. The number of amides is 1. The lowest BCUT2D eigenvalue weighted by atomic mass is 10.2. The lowest BCUT2D eigenvalue weighted by Crippen LogP contribution is -2.23. The Labute approximate surface area is 161 Å². The number of rotatable bonds is 4. The van der Waals surface area contributed by atoms with Crippen LogP contribution in [0.25, 0.3) is 6.08 Å². The van der Waals surface area contributed by atoms with Crippen LogP contribution in [0.1, 0.15) is 15.9 Å². The topological polar surface area (TPSA) is 73.2 Å². The van der Waals surface area contributed by atoms with Gasteiger partial charge in [-0.25, -0.2) is 9.79 Å². The minimum atomic E-state index is -1.01. The zero-order valence-corrected chi connectivity index (χ0v) is 16.0. The quantitative estimate of drug-likeness (QED) is 0.818. The Morgan fingerprint density at radius 3 is 2.52 bits per heavy atom. The van der Waals surface area contributed by atoms with Crippen molar-refractivity contribution in [3.8, 4) is 0 Å². The number of carbonyl (C=O) groups excluding carboxylic acids is 1. The molecule has 1 heterocycles. The first-order chi connectivity index (χ1) is 12.8. The number of carboxylic acid groups (broad SMARTS) is 1. The van der Waals surface area contributed by atoms with Crippen LogP contribution in [0, 0.1) is 0 Å². The summed E-state index contributed by atoms with van der Waals surface area (Å²) in [7, 11) is 5.60. The number of amidine groups is 1. The number of aliphatic imine (C=N–C) groups is 1. The summed E-state index contributed by atoms with van der Waals surface area (Å²) in [5.41, 5.74) is 2.67. The molecule has 0 radical (unpaired) electrons. The number of hydrogen-bond donors (Lipinski definition) is 1. The number of carboxylic acids is 1. The molecule has 0 saturated carbocycles. The molecule has 0 aliphatic carbocycles. The summed E-state index contributed by atoms with van der Waals surface area (Å²) in [6.45, 7) is 0. The van der Waals surface area contributed by atoms with Gasteiger partial charge in [0.25, 0.3) is 5.91 Å². The Morgan fingerprint density at radius 2 is 1.89 bits per heavy atom. The van der Waals surface area contributed by atoms with Crippen LogP contribution >= 0.6 is 11.8 Å². The lowest BCUT2D eigenvalue weighted by Gasteiger charge is -2.11. The zero-order chi connectivity index (χ0) is 19.6. The number of benzene rings is 2. The third-order valence-electron chi connectivity index (χ3n) is 4.03. The molecule has 3 rings (SSSR count). The summed E-state index contributed by atoms with van der Waals surface area (Å²) in [6, 6.07) is 14.2. The van der Waals surface area contributed by atoms with Crippen LogP contribution in [-0.2, 0) is 4.79 Å². The van der Waals surface area contributed by atoms with E-state index in [9.17, 15) is 9.59 Å². The highest BCUT2D eigenvalue weighted by molar-refractivity contribution is 8.18. The van der Waals surface area contributed by atoms with Gasteiger partial charge in [-0.1, -0.05) is 18.2 Å². The number of thioether (sulfide) groups is 1. The van der Waals surface area contributed by atoms with Gasteiger partial charge in [0.05, 0.1) is 16.2 Å². The van der Waals surface area contributed by atoms with E-state index in [1.807, 2.05) is 49.3 Å². The third-order valence-corrected chi connectivity index (χ3v) is 5.09. The second kappa shape index (κ2) is 7.67. The molecule has 2 aromatic carbocycles. The first kappa shape index (κ1) is 18.7. The number of anilines is 1. The first-order valence-corrected chi connectivity index (χ1v) is 9.04. The van der Waals surface area contributed by atoms with Crippen molar-refractivity contribution in [2.45, 2.75) is 0 Å². The number of carbonyl (C=O) groups is 2. The van der Waals surface area contributed by atoms with Gasteiger partial charge >= 0.3 is 5.97 Å². The van der Waals surface area contributed by atoms with E-state index in [0.717, 1.165) is 11.3 Å². The average Bonchev–Trinajstić information content (AvgIpc) is 2.90. The highest BCUT2D eigenvalue weighted by Crippen LogP contribution is 2.33. The summed E-state index contributed by atoms with van der Waals surface area (Å²) in [5, 5.41) is 9.61. The summed E-state index contributed by atoms with van der Waals surface area (Å²) >= 11 is 1.27. The van der Waals surface area contributed by atoms with Gasteiger partial charge in [0.15, 0.2) is 5.17 Å². The van der Waals surface area contributed by atoms with Gasteiger partial charge in [0, 0.05) is 26.8 Å². The highest BCUT2D eigenvalue weighted by Gasteiger charge is 2.30. The van der Waals surface area contributed by atoms with Crippen molar-refractivity contribution in [3.63, 3.8) is 0 Å². The van der Waals surface area contributed by atoms with Crippen LogP contribution in [0.3, 0.4) is 0 Å². The van der Waals surface area contributed by atoms with Gasteiger partial charge in [-0.2, -0.15) is 0 Å². The molecule has 1 aliphatic rings. The van der Waals surface area contributed by atoms with E-state index >= 15 is 0 Å². The number of nitrogens with zero attached hydrogens (tertiary/aromatic N) is 3. The van der Waals surface area contributed by atoms with Crippen molar-refractivity contribution in [1.29, 1.82) is 0 Å². The summed E-state index contributed by atoms with van der Waals surface area (Å²) < 4.78 is 0. The molecule has 138 valence electrons. The second-order valence-electron chi connectivity index (χ2n) is 6.21. The van der Waals surface area contributed by atoms with Crippen molar-refractivity contribution in [3.05, 3.63) is 64.6 Å². The maximum absolute atomic E-state index is 12.5. The van der Waals surface area contributed by atoms with Gasteiger partial charge in [-0.05, 0) is 53.7 Å². The molecule has 27 heavy (non-hydrogen) atoms. The number of likely N-dealkylation sites (N-methyl/N-ethyl adjacent to an activating group) is 1. The SMILES string of the molecule is CN1C(=O)/C(=C/c2ccc(N(C)C)cc2)SC1=Nc1cccc(C(=O)O)c1. The molecule has 1 fully saturated rings. The van der Waals surface area contributed by atoms with E-state index in [-0.39, 0.29) is 11.5 Å². The van der Waals surface area contributed by atoms with Crippen LogP contribution in [0.4, 0.5) is 11.4 Å². The van der Waals surface area contributed by atoms with Gasteiger partial charge in [-0.3, -0.25) is 9.69 Å². The summed E-state index contributed by atoms with van der Waals surface area (Å²) in [5.74, 6) is -1.15. The van der Waals surface area contributed by atoms with Crippen molar-refractivity contribution in [1.82, 2.24) is 4.90 Å². The minimum Gasteiger partial charge on any atom is -0.478 e. The van der Waals surface area contributed by atoms with Gasteiger partial charge < -0.3 is 10.0 Å². The zero-order valence-electron chi connectivity index (χ0n) is 15.2. The molecule has 0 unspecified atom stereocenters. The fourth-order valence-electron chi connectivity index (χ4n) is 2.49. The van der Waals surface area contributed by atoms with Crippen molar-refractivity contribution in [2.24, 2.45) is 4.99 Å². The van der Waals surface area contributed by atoms with Crippen molar-refractivity contribution >= 4 is 46.3 Å². The van der Waals surface area contributed by atoms with Crippen molar-refractivity contribution in [2.75, 3.05) is 26.0 Å². The maximum atomic E-state index is 12.5. The van der Waals surface area contributed by atoms with E-state index in [2.05, 4.69) is 4.99 Å². The average molecular weight is 381 g/mol. The van der Waals surface area contributed by atoms with E-state index in [0.29, 0.717) is 15.8 Å². The van der Waals surface area contributed by atoms with Gasteiger partial charge in [0.2, 0.25) is 0 Å². The van der Waals surface area contributed by atoms with E-state index in [1.165, 1.54) is 28.8 Å². The first-order valence-electron chi connectivity index (χ1n) is 8.22. The molecule has 6 nitrogen and oxygen atoms in total. The molecule has 1 saturated heterocycles. The predicted molar refractivity (Wildman–Crippen MR) is 110 cm³/mol. The molecule has 0 aromatic heterocycles. The third kappa shape index (κ3) is 4.20. The van der Waals surface area contributed by atoms with Crippen molar-refractivity contribution < 1.29 is 14.7 Å². The van der Waals surface area contributed by atoms with Gasteiger partial charge in [-0.15, -0.1) is 0 Å². The second-order valence-corrected chi connectivity index (χ2v) is 7.22. The standard InChI is InChI=1S/C20H19N3O3S/c1-22(2)16-9-7-13(8-10-16)11-17-18(24)23(3)20(27-17)21-15-6-4-5-14(12-15)19(25)26/h4-12H,1-3H3,(H,25,26)/b17-11-,21-20?. The van der Waals surface area contributed by atoms with E-state index < -0.39 is 5.97 Å². The van der Waals surface area contributed by atoms with E-state index in [1.54, 1.807) is 19.2 Å². The fourth-order valence-corrected chi connectivity index (χ4v) is 3.48. The normalized spacial score (nSPS) is 17.0. The summed E-state index contributed by atoms with van der Waals surface area (Å²) in [6.07, 6.45) is 1.83. The molecule has 0 spiro atoms. The Bertz CT molecular complexity index is 949. The molecule has 7 heteroatoms. The highest BCUT2D eigenvalue weighted by atomic mass is 32.2. The molecular weight excluding hydrogens is 362 g/mol. The fraction of sp³-hybridized carbons (Fsp3) is 0.150. The van der Waals surface area contributed by atoms with Crippen LogP contribution < -0.4 is 4.90 Å². The molecular formula is C20H19N3O3S. The van der Waals surface area contributed by atoms with Crippen LogP contribution in [0.5, 0.6) is 0 Å². The Morgan fingerprint density at radius 1 is 1.19 bits per heavy atom. The van der Waals surface area contributed by atoms with Crippen LogP contribution in [0.15, 0.2) is 58.4 Å². The Balaban J connectivity index is 1.86. The molecule has 2 aromatic rings. The Kier molecular flexibility index (Phi) is 5.32. The smallest absolute Gasteiger partial charge is 0.335 e. The molecule has 0 atom stereocenters. The van der Waals surface area contributed by atoms with Crippen LogP contribution in [-0.4, -0.2) is 48.2 Å². The lowest BCUT2D eigenvalue weighted by molar-refractivity contribution is -0.121. The monoisotopic (exact) mass is 381 g/mol. The minimum absolute atomic E-state index is 0.134. The number of aromatic carboxylic acids is 1. The Hall–Kier alpha value is -3.06. The number of hydrogen-bond acceptors (Lipinski definition) is 5. The molecule has 1 aliphatic heterocycles. The van der Waals surface area contributed by atoms with Gasteiger partial charge in [0.1, 0.15) is 0 Å². The molecule has 0 bridgehead atoms. The summed E-state index contributed by atoms with van der Waals surface area (Å²) in [4.78, 5) is 32.1. The predicted octanol–water partition coefficient (Wildman–Crippen LogP) is 3.68. The molecule has 1 N–H and O–H groups in total. The van der Waals surface area contributed by atoms with Crippen LogP contribution in [0.2, 0.25) is 0 Å².